The number of nitrogens with zero attached hydrogens (tertiary/aromatic N) is 1. The van der Waals surface area contributed by atoms with Crippen LogP contribution >= 0.6 is 12.6 Å². The van der Waals surface area contributed by atoms with Crippen molar-refractivity contribution in [3.05, 3.63) is 38.9 Å². The predicted octanol–water partition coefficient (Wildman–Crippen LogP) is 2.49. The van der Waals surface area contributed by atoms with E-state index in [1.807, 2.05) is 6.92 Å². The molecule has 0 saturated carbocycles. The van der Waals surface area contributed by atoms with Crippen LogP contribution in [0.15, 0.2) is 12.1 Å². The maximum absolute atomic E-state index is 10.7. The summed E-state index contributed by atoms with van der Waals surface area (Å²) in [4.78, 5) is 10.3. The summed E-state index contributed by atoms with van der Waals surface area (Å²) in [5.41, 5.74) is 2.42. The zero-order valence-electron chi connectivity index (χ0n) is 8.57. The number of nitro benzene ring substituents is 1. The van der Waals surface area contributed by atoms with Gasteiger partial charge in [0.2, 0.25) is 0 Å². The number of hydrogen-bond donors (Lipinski definition) is 1. The molecule has 0 spiro atoms. The van der Waals surface area contributed by atoms with Gasteiger partial charge < -0.3 is 0 Å². The van der Waals surface area contributed by atoms with Crippen molar-refractivity contribution in [3.8, 4) is 11.8 Å². The topological polar surface area (TPSA) is 43.1 Å². The Morgan fingerprint density at radius 3 is 2.60 bits per heavy atom. The fourth-order valence-corrected chi connectivity index (χ4v) is 1.39. The van der Waals surface area contributed by atoms with Crippen molar-refractivity contribution in [2.75, 3.05) is 5.75 Å². The van der Waals surface area contributed by atoms with Crippen molar-refractivity contribution >= 4 is 18.3 Å². The van der Waals surface area contributed by atoms with E-state index in [2.05, 4.69) is 24.5 Å². The smallest absolute Gasteiger partial charge is 0.258 e. The number of benzene rings is 1. The van der Waals surface area contributed by atoms with Gasteiger partial charge in [-0.3, -0.25) is 10.1 Å². The second-order valence-electron chi connectivity index (χ2n) is 3.17. The van der Waals surface area contributed by atoms with E-state index in [4.69, 9.17) is 0 Å². The largest absolute Gasteiger partial charge is 0.273 e. The number of thiol groups is 1. The van der Waals surface area contributed by atoms with E-state index in [0.717, 1.165) is 5.56 Å². The average Bonchev–Trinajstić information content (AvgIpc) is 2.16. The molecule has 3 nitrogen and oxygen atoms in total. The standard InChI is InChI=1S/C11H11NO2S/c1-8-6-9(2)11(12(13)14)7-10(8)4-3-5-15/h6-7,15H,5H2,1-2H3. The maximum Gasteiger partial charge on any atom is 0.273 e. The summed E-state index contributed by atoms with van der Waals surface area (Å²) >= 11 is 3.96. The molecule has 0 aliphatic rings. The van der Waals surface area contributed by atoms with Gasteiger partial charge >= 0.3 is 0 Å². The van der Waals surface area contributed by atoms with Crippen molar-refractivity contribution in [2.45, 2.75) is 13.8 Å². The maximum atomic E-state index is 10.7. The quantitative estimate of drug-likeness (QED) is 0.342. The zero-order valence-corrected chi connectivity index (χ0v) is 9.47. The van der Waals surface area contributed by atoms with Crippen LogP contribution in [-0.2, 0) is 0 Å². The molecule has 4 heteroatoms. The summed E-state index contributed by atoms with van der Waals surface area (Å²) in [5.74, 6) is 6.08. The highest BCUT2D eigenvalue weighted by atomic mass is 32.1. The molecule has 0 atom stereocenters. The van der Waals surface area contributed by atoms with Gasteiger partial charge in [0, 0.05) is 17.2 Å². The molecular weight excluding hydrogens is 210 g/mol. The Bertz CT molecular complexity index is 458. The number of rotatable bonds is 1. The molecule has 0 radical (unpaired) electrons. The lowest BCUT2D eigenvalue weighted by Gasteiger charge is -2.01. The molecule has 0 unspecified atom stereocenters. The van der Waals surface area contributed by atoms with Gasteiger partial charge in [-0.2, -0.15) is 12.6 Å². The molecule has 0 N–H and O–H groups in total. The summed E-state index contributed by atoms with van der Waals surface area (Å²) in [7, 11) is 0. The second kappa shape index (κ2) is 4.85. The van der Waals surface area contributed by atoms with Crippen molar-refractivity contribution in [3.63, 3.8) is 0 Å². The van der Waals surface area contributed by atoms with E-state index in [1.54, 1.807) is 13.0 Å². The molecule has 0 saturated heterocycles. The van der Waals surface area contributed by atoms with Crippen LogP contribution in [0.1, 0.15) is 16.7 Å². The first-order chi connectivity index (χ1) is 7.06. The SMILES string of the molecule is Cc1cc(C)c([N+](=O)[O-])cc1C#CCS. The van der Waals surface area contributed by atoms with E-state index in [1.165, 1.54) is 6.07 Å². The van der Waals surface area contributed by atoms with Crippen LogP contribution in [0, 0.1) is 35.8 Å². The molecule has 0 aromatic heterocycles. The molecular formula is C11H11NO2S. The number of nitro groups is 1. The lowest BCUT2D eigenvalue weighted by atomic mass is 10.0. The molecule has 0 amide bonds. The van der Waals surface area contributed by atoms with Gasteiger partial charge in [0.15, 0.2) is 0 Å². The van der Waals surface area contributed by atoms with Gasteiger partial charge in [0.1, 0.15) is 0 Å². The summed E-state index contributed by atoms with van der Waals surface area (Å²) in [6.07, 6.45) is 0. The first-order valence-electron chi connectivity index (χ1n) is 4.41. The first kappa shape index (κ1) is 11.6. The molecule has 1 aromatic rings. The van der Waals surface area contributed by atoms with E-state index in [9.17, 15) is 10.1 Å². The van der Waals surface area contributed by atoms with Crippen LogP contribution in [0.4, 0.5) is 5.69 Å². The molecule has 0 aliphatic heterocycles. The van der Waals surface area contributed by atoms with Gasteiger partial charge in [-0.25, -0.2) is 0 Å². The van der Waals surface area contributed by atoms with Crippen molar-refractivity contribution < 1.29 is 4.92 Å². The van der Waals surface area contributed by atoms with E-state index >= 15 is 0 Å². The van der Waals surface area contributed by atoms with Crippen LogP contribution in [0.2, 0.25) is 0 Å². The third kappa shape index (κ3) is 2.74. The van der Waals surface area contributed by atoms with E-state index in [-0.39, 0.29) is 10.6 Å². The Morgan fingerprint density at radius 1 is 1.40 bits per heavy atom. The molecule has 1 rings (SSSR count). The molecule has 0 heterocycles. The average molecular weight is 221 g/mol. The third-order valence-electron chi connectivity index (χ3n) is 2.04. The summed E-state index contributed by atoms with van der Waals surface area (Å²) in [6.45, 7) is 3.61. The third-order valence-corrected chi connectivity index (χ3v) is 2.20. The van der Waals surface area contributed by atoms with Crippen LogP contribution in [0.5, 0.6) is 0 Å². The van der Waals surface area contributed by atoms with E-state index < -0.39 is 0 Å². The van der Waals surface area contributed by atoms with Gasteiger partial charge in [-0.1, -0.05) is 11.8 Å². The minimum absolute atomic E-state index is 0.115. The van der Waals surface area contributed by atoms with Crippen LogP contribution < -0.4 is 0 Å². The highest BCUT2D eigenvalue weighted by molar-refractivity contribution is 7.80. The fraction of sp³-hybridized carbons (Fsp3) is 0.273. The van der Waals surface area contributed by atoms with E-state index in [0.29, 0.717) is 16.9 Å². The van der Waals surface area contributed by atoms with Gasteiger partial charge in [0.05, 0.1) is 10.7 Å². The summed E-state index contributed by atoms with van der Waals surface area (Å²) < 4.78 is 0. The lowest BCUT2D eigenvalue weighted by molar-refractivity contribution is -0.385. The second-order valence-corrected chi connectivity index (χ2v) is 3.49. The van der Waals surface area contributed by atoms with Crippen molar-refractivity contribution in [1.29, 1.82) is 0 Å². The highest BCUT2D eigenvalue weighted by Crippen LogP contribution is 2.21. The molecule has 0 aliphatic carbocycles. The van der Waals surface area contributed by atoms with Gasteiger partial charge in [-0.15, -0.1) is 0 Å². The lowest BCUT2D eigenvalue weighted by Crippen LogP contribution is -1.94. The van der Waals surface area contributed by atoms with Crippen LogP contribution in [0.25, 0.3) is 0 Å². The Balaban J connectivity index is 3.29. The predicted molar refractivity (Wildman–Crippen MR) is 63.3 cm³/mol. The molecule has 78 valence electrons. The highest BCUT2D eigenvalue weighted by Gasteiger charge is 2.12. The number of aryl methyl sites for hydroxylation is 2. The Labute approximate surface area is 94.1 Å². The fourth-order valence-electron chi connectivity index (χ4n) is 1.31. The van der Waals surface area contributed by atoms with Crippen LogP contribution in [-0.4, -0.2) is 10.7 Å². The monoisotopic (exact) mass is 221 g/mol. The van der Waals surface area contributed by atoms with Crippen molar-refractivity contribution in [2.24, 2.45) is 0 Å². The zero-order chi connectivity index (χ0) is 11.4. The van der Waals surface area contributed by atoms with Crippen molar-refractivity contribution in [1.82, 2.24) is 0 Å². The molecule has 0 fully saturated rings. The summed E-state index contributed by atoms with van der Waals surface area (Å²) in [5, 5.41) is 10.7. The number of hydrogen-bond acceptors (Lipinski definition) is 3. The Hall–Kier alpha value is -1.47. The minimum Gasteiger partial charge on any atom is -0.258 e. The van der Waals surface area contributed by atoms with Gasteiger partial charge in [0.25, 0.3) is 5.69 Å². The molecule has 0 bridgehead atoms. The minimum atomic E-state index is -0.388. The van der Waals surface area contributed by atoms with Gasteiger partial charge in [-0.05, 0) is 25.5 Å². The Morgan fingerprint density at radius 2 is 2.07 bits per heavy atom. The molecule has 1 aromatic carbocycles. The summed E-state index contributed by atoms with van der Waals surface area (Å²) in [6, 6.07) is 3.29. The Kier molecular flexibility index (Phi) is 3.75. The van der Waals surface area contributed by atoms with Crippen LogP contribution in [0.3, 0.4) is 0 Å². The first-order valence-corrected chi connectivity index (χ1v) is 5.05. The normalized spacial score (nSPS) is 9.27. The molecule has 15 heavy (non-hydrogen) atoms.